The molecule has 3 heteroatoms. The fourth-order valence-electron chi connectivity index (χ4n) is 1.96. The van der Waals surface area contributed by atoms with Crippen LogP contribution in [-0.2, 0) is 6.67 Å². The first-order chi connectivity index (χ1) is 8.38. The van der Waals surface area contributed by atoms with Crippen LogP contribution in [0.5, 0.6) is 0 Å². The molecule has 0 atom stereocenters. The van der Waals surface area contributed by atoms with E-state index in [1.54, 1.807) is 6.07 Å². The van der Waals surface area contributed by atoms with Crippen molar-refractivity contribution in [3.05, 3.63) is 60.4 Å². The Hall–Kier alpha value is -2.16. The average Bonchev–Trinajstić information content (AvgIpc) is 2.82. The number of fused-ring (bicyclic) bond motifs is 1. The fourth-order valence-corrected chi connectivity index (χ4v) is 1.96. The van der Waals surface area contributed by atoms with Crippen molar-refractivity contribution in [2.45, 2.75) is 6.67 Å². The average molecular weight is 226 g/mol. The number of hydrogen-bond donors (Lipinski definition) is 0. The first-order valence-electron chi connectivity index (χ1n) is 5.47. The van der Waals surface area contributed by atoms with Crippen molar-refractivity contribution in [1.29, 1.82) is 0 Å². The van der Waals surface area contributed by atoms with Gasteiger partial charge in [0.15, 0.2) is 0 Å². The SMILES string of the molecule is FCc1cccc(-n2ccc3ccccc32)n1. The van der Waals surface area contributed by atoms with Crippen molar-refractivity contribution in [3.8, 4) is 5.82 Å². The van der Waals surface area contributed by atoms with E-state index in [9.17, 15) is 4.39 Å². The molecule has 0 radical (unpaired) electrons. The molecule has 1 aromatic carbocycles. The van der Waals surface area contributed by atoms with E-state index < -0.39 is 6.67 Å². The number of alkyl halides is 1. The third-order valence-corrected chi connectivity index (χ3v) is 2.78. The monoisotopic (exact) mass is 226 g/mol. The summed E-state index contributed by atoms with van der Waals surface area (Å²) >= 11 is 0. The van der Waals surface area contributed by atoms with Crippen molar-refractivity contribution in [1.82, 2.24) is 9.55 Å². The first-order valence-corrected chi connectivity index (χ1v) is 5.47. The summed E-state index contributed by atoms with van der Waals surface area (Å²) < 4.78 is 14.6. The van der Waals surface area contributed by atoms with Crippen LogP contribution in [0.15, 0.2) is 54.7 Å². The van der Waals surface area contributed by atoms with Gasteiger partial charge >= 0.3 is 0 Å². The summed E-state index contributed by atoms with van der Waals surface area (Å²) in [7, 11) is 0. The van der Waals surface area contributed by atoms with Gasteiger partial charge < -0.3 is 4.57 Å². The molecule has 0 aliphatic rings. The molecule has 0 saturated carbocycles. The Morgan fingerprint density at radius 2 is 1.88 bits per heavy atom. The van der Waals surface area contributed by atoms with Gasteiger partial charge in [0.2, 0.25) is 0 Å². The fraction of sp³-hybridized carbons (Fsp3) is 0.0714. The molecule has 0 aliphatic heterocycles. The largest absolute Gasteiger partial charge is 0.301 e. The van der Waals surface area contributed by atoms with Crippen LogP contribution in [0.4, 0.5) is 4.39 Å². The van der Waals surface area contributed by atoms with E-state index in [0.717, 1.165) is 16.7 Å². The van der Waals surface area contributed by atoms with Crippen LogP contribution >= 0.6 is 0 Å². The number of hydrogen-bond acceptors (Lipinski definition) is 1. The quantitative estimate of drug-likeness (QED) is 0.654. The molecule has 17 heavy (non-hydrogen) atoms. The second-order valence-corrected chi connectivity index (χ2v) is 3.87. The Kier molecular flexibility index (Phi) is 2.37. The maximum absolute atomic E-state index is 12.6. The zero-order valence-electron chi connectivity index (χ0n) is 9.18. The van der Waals surface area contributed by atoms with Crippen LogP contribution in [0.25, 0.3) is 16.7 Å². The van der Waals surface area contributed by atoms with Crippen LogP contribution in [0, 0.1) is 0 Å². The third-order valence-electron chi connectivity index (χ3n) is 2.78. The predicted molar refractivity (Wildman–Crippen MR) is 65.9 cm³/mol. The molecular formula is C14H11FN2. The number of nitrogens with zero attached hydrogens (tertiary/aromatic N) is 2. The lowest BCUT2D eigenvalue weighted by Gasteiger charge is -2.05. The molecular weight excluding hydrogens is 215 g/mol. The predicted octanol–water partition coefficient (Wildman–Crippen LogP) is 3.50. The highest BCUT2D eigenvalue weighted by atomic mass is 19.1. The molecule has 0 aliphatic carbocycles. The molecule has 0 fully saturated rings. The second kappa shape index (κ2) is 4.01. The molecule has 2 nitrogen and oxygen atoms in total. The number of para-hydroxylation sites is 1. The molecule has 0 amide bonds. The van der Waals surface area contributed by atoms with Crippen LogP contribution < -0.4 is 0 Å². The van der Waals surface area contributed by atoms with Gasteiger partial charge in [-0.25, -0.2) is 9.37 Å². The molecule has 2 aromatic heterocycles. The maximum atomic E-state index is 12.6. The molecule has 3 rings (SSSR count). The lowest BCUT2D eigenvalue weighted by atomic mass is 10.2. The summed E-state index contributed by atoms with van der Waals surface area (Å²) in [4.78, 5) is 4.27. The van der Waals surface area contributed by atoms with E-state index in [4.69, 9.17) is 0 Å². The van der Waals surface area contributed by atoms with Crippen molar-refractivity contribution >= 4 is 10.9 Å². The number of halogens is 1. The highest BCUT2D eigenvalue weighted by Gasteiger charge is 2.04. The van der Waals surface area contributed by atoms with E-state index >= 15 is 0 Å². The normalized spacial score (nSPS) is 10.9. The zero-order valence-corrected chi connectivity index (χ0v) is 9.18. The van der Waals surface area contributed by atoms with Crippen LogP contribution in [0.1, 0.15) is 5.69 Å². The Labute approximate surface area is 98.3 Å². The molecule has 2 heterocycles. The van der Waals surface area contributed by atoms with E-state index in [0.29, 0.717) is 5.69 Å². The summed E-state index contributed by atoms with van der Waals surface area (Å²) in [5, 5.41) is 1.15. The van der Waals surface area contributed by atoms with Gasteiger partial charge in [0, 0.05) is 6.20 Å². The summed E-state index contributed by atoms with van der Waals surface area (Å²) in [6.07, 6.45) is 1.95. The lowest BCUT2D eigenvalue weighted by molar-refractivity contribution is 0.475. The van der Waals surface area contributed by atoms with E-state index in [1.807, 2.05) is 53.2 Å². The number of aromatic nitrogens is 2. The van der Waals surface area contributed by atoms with E-state index in [1.165, 1.54) is 0 Å². The highest BCUT2D eigenvalue weighted by molar-refractivity contribution is 5.81. The van der Waals surface area contributed by atoms with Crippen LogP contribution in [0.3, 0.4) is 0 Å². The van der Waals surface area contributed by atoms with Crippen molar-refractivity contribution in [2.24, 2.45) is 0 Å². The van der Waals surface area contributed by atoms with Gasteiger partial charge in [0.05, 0.1) is 11.2 Å². The minimum Gasteiger partial charge on any atom is -0.301 e. The van der Waals surface area contributed by atoms with Gasteiger partial charge in [0.1, 0.15) is 12.5 Å². The molecule has 0 spiro atoms. The number of rotatable bonds is 2. The van der Waals surface area contributed by atoms with Gasteiger partial charge in [-0.05, 0) is 29.7 Å². The maximum Gasteiger partial charge on any atom is 0.137 e. The minimum absolute atomic E-state index is 0.459. The topological polar surface area (TPSA) is 17.8 Å². The van der Waals surface area contributed by atoms with Gasteiger partial charge in [-0.15, -0.1) is 0 Å². The molecule has 0 bridgehead atoms. The molecule has 0 unspecified atom stereocenters. The molecule has 0 N–H and O–H groups in total. The number of benzene rings is 1. The van der Waals surface area contributed by atoms with Gasteiger partial charge in [0.25, 0.3) is 0 Å². The second-order valence-electron chi connectivity index (χ2n) is 3.87. The zero-order chi connectivity index (χ0) is 11.7. The van der Waals surface area contributed by atoms with Crippen molar-refractivity contribution < 1.29 is 4.39 Å². The Bertz CT molecular complexity index is 658. The highest BCUT2D eigenvalue weighted by Crippen LogP contribution is 2.19. The van der Waals surface area contributed by atoms with E-state index in [2.05, 4.69) is 4.98 Å². The Morgan fingerprint density at radius 1 is 1.00 bits per heavy atom. The third kappa shape index (κ3) is 1.69. The van der Waals surface area contributed by atoms with Gasteiger partial charge in [-0.2, -0.15) is 0 Å². The standard InChI is InChI=1S/C14H11FN2/c15-10-12-5-3-7-14(16-12)17-9-8-11-4-1-2-6-13(11)17/h1-9H,10H2. The Balaban J connectivity index is 2.20. The molecule has 84 valence electrons. The van der Waals surface area contributed by atoms with Crippen LogP contribution in [0.2, 0.25) is 0 Å². The summed E-state index contributed by atoms with van der Waals surface area (Å²) in [6, 6.07) is 15.5. The lowest BCUT2D eigenvalue weighted by Crippen LogP contribution is -1.97. The van der Waals surface area contributed by atoms with Gasteiger partial charge in [-0.3, -0.25) is 0 Å². The minimum atomic E-state index is -0.535. The smallest absolute Gasteiger partial charge is 0.137 e. The van der Waals surface area contributed by atoms with Gasteiger partial charge in [-0.1, -0.05) is 24.3 Å². The van der Waals surface area contributed by atoms with Crippen molar-refractivity contribution in [3.63, 3.8) is 0 Å². The summed E-state index contributed by atoms with van der Waals surface area (Å²) in [5.41, 5.74) is 1.54. The van der Waals surface area contributed by atoms with E-state index in [-0.39, 0.29) is 0 Å². The van der Waals surface area contributed by atoms with Crippen LogP contribution in [-0.4, -0.2) is 9.55 Å². The van der Waals surface area contributed by atoms with Crippen molar-refractivity contribution in [2.75, 3.05) is 0 Å². The molecule has 3 aromatic rings. The first kappa shape index (κ1) is 10.0. The Morgan fingerprint density at radius 3 is 2.76 bits per heavy atom. The summed E-state index contributed by atoms with van der Waals surface area (Å²) in [5.74, 6) is 0.751. The summed E-state index contributed by atoms with van der Waals surface area (Å²) in [6.45, 7) is -0.535. The number of pyridine rings is 1. The molecule has 0 saturated heterocycles.